The number of aromatic nitrogens is 4. The fraction of sp³-hybridized carbons (Fsp3) is 0.500. The molecule has 0 aliphatic heterocycles. The number of urea groups is 1. The zero-order valence-corrected chi connectivity index (χ0v) is 14.8. The third-order valence-corrected chi connectivity index (χ3v) is 4.33. The number of imide groups is 1. The van der Waals surface area contributed by atoms with Gasteiger partial charge in [0, 0.05) is 13.1 Å². The van der Waals surface area contributed by atoms with E-state index in [2.05, 4.69) is 20.7 Å². The van der Waals surface area contributed by atoms with Crippen LogP contribution in [0.2, 0.25) is 0 Å². The SMILES string of the molecule is Cn1ncc2c(=O)n(CC(=O)OCC(=O)NC(=O)NC3CCCC3)cnc21. The van der Waals surface area contributed by atoms with Crippen molar-refractivity contribution in [3.63, 3.8) is 0 Å². The Morgan fingerprint density at radius 2 is 2.04 bits per heavy atom. The fourth-order valence-corrected chi connectivity index (χ4v) is 2.96. The number of nitrogens with zero attached hydrogens (tertiary/aromatic N) is 4. The average molecular weight is 376 g/mol. The number of hydrogen-bond acceptors (Lipinski definition) is 7. The van der Waals surface area contributed by atoms with Crippen LogP contribution in [0.4, 0.5) is 4.79 Å². The molecule has 0 saturated heterocycles. The molecule has 0 aromatic carbocycles. The minimum Gasteiger partial charge on any atom is -0.454 e. The molecule has 0 spiro atoms. The van der Waals surface area contributed by atoms with Crippen LogP contribution >= 0.6 is 0 Å². The molecule has 1 fully saturated rings. The Kier molecular flexibility index (Phi) is 5.48. The van der Waals surface area contributed by atoms with E-state index in [0.717, 1.165) is 30.3 Å². The van der Waals surface area contributed by atoms with Crippen molar-refractivity contribution >= 4 is 28.9 Å². The Balaban J connectivity index is 1.48. The molecule has 1 aliphatic carbocycles. The Morgan fingerprint density at radius 3 is 2.78 bits per heavy atom. The smallest absolute Gasteiger partial charge is 0.326 e. The largest absolute Gasteiger partial charge is 0.454 e. The second-order valence-electron chi connectivity index (χ2n) is 6.35. The molecule has 2 aromatic heterocycles. The highest BCUT2D eigenvalue weighted by molar-refractivity contribution is 5.95. The summed E-state index contributed by atoms with van der Waals surface area (Å²) >= 11 is 0. The van der Waals surface area contributed by atoms with Gasteiger partial charge >= 0.3 is 12.0 Å². The molecule has 2 N–H and O–H groups in total. The third-order valence-electron chi connectivity index (χ3n) is 4.33. The van der Waals surface area contributed by atoms with Gasteiger partial charge in [0.15, 0.2) is 12.3 Å². The van der Waals surface area contributed by atoms with Gasteiger partial charge in [-0.25, -0.2) is 9.78 Å². The van der Waals surface area contributed by atoms with Crippen LogP contribution in [0.25, 0.3) is 11.0 Å². The number of hydrogen-bond donors (Lipinski definition) is 2. The highest BCUT2D eigenvalue weighted by Crippen LogP contribution is 2.17. The van der Waals surface area contributed by atoms with Crippen molar-refractivity contribution in [3.8, 4) is 0 Å². The summed E-state index contributed by atoms with van der Waals surface area (Å²) in [6.45, 7) is -1.02. The number of ether oxygens (including phenoxy) is 1. The Morgan fingerprint density at radius 1 is 1.30 bits per heavy atom. The number of aryl methyl sites for hydroxylation is 1. The standard InChI is InChI=1S/C16H20N6O5/c1-21-14-11(6-18-21)15(25)22(9-17-14)7-13(24)27-8-12(23)20-16(26)19-10-4-2-3-5-10/h6,9-10H,2-5,7-8H2,1H3,(H2,19,20,23,26). The van der Waals surface area contributed by atoms with Gasteiger partial charge in [-0.15, -0.1) is 0 Å². The van der Waals surface area contributed by atoms with E-state index < -0.39 is 36.6 Å². The maximum atomic E-state index is 12.3. The van der Waals surface area contributed by atoms with E-state index in [9.17, 15) is 19.2 Å². The van der Waals surface area contributed by atoms with Gasteiger partial charge in [0.1, 0.15) is 18.3 Å². The maximum absolute atomic E-state index is 12.3. The van der Waals surface area contributed by atoms with Crippen LogP contribution in [0.3, 0.4) is 0 Å². The number of amides is 3. The predicted molar refractivity (Wildman–Crippen MR) is 92.7 cm³/mol. The summed E-state index contributed by atoms with van der Waals surface area (Å²) in [6.07, 6.45) is 6.46. The quantitative estimate of drug-likeness (QED) is 0.667. The number of carbonyl (C=O) groups excluding carboxylic acids is 3. The Hall–Kier alpha value is -3.24. The number of nitrogens with one attached hydrogen (secondary N) is 2. The highest BCUT2D eigenvalue weighted by atomic mass is 16.5. The number of fused-ring (bicyclic) bond motifs is 1. The summed E-state index contributed by atoms with van der Waals surface area (Å²) in [7, 11) is 1.65. The summed E-state index contributed by atoms with van der Waals surface area (Å²) in [5, 5.41) is 9.00. The number of rotatable bonds is 5. The lowest BCUT2D eigenvalue weighted by Gasteiger charge is -2.12. The van der Waals surface area contributed by atoms with Crippen LogP contribution in [0.1, 0.15) is 25.7 Å². The molecule has 3 rings (SSSR count). The molecule has 11 nitrogen and oxygen atoms in total. The first-order valence-corrected chi connectivity index (χ1v) is 8.57. The minimum absolute atomic E-state index is 0.0714. The van der Waals surface area contributed by atoms with Gasteiger partial charge in [-0.05, 0) is 12.8 Å². The summed E-state index contributed by atoms with van der Waals surface area (Å²) in [4.78, 5) is 51.5. The molecule has 2 aromatic rings. The summed E-state index contributed by atoms with van der Waals surface area (Å²) in [5.41, 5.74) is -0.0392. The first-order valence-electron chi connectivity index (χ1n) is 8.57. The van der Waals surface area contributed by atoms with E-state index in [0.29, 0.717) is 5.65 Å². The van der Waals surface area contributed by atoms with Gasteiger partial charge in [0.2, 0.25) is 0 Å². The summed E-state index contributed by atoms with van der Waals surface area (Å²) in [6, 6.07) is -0.535. The number of esters is 1. The fourth-order valence-electron chi connectivity index (χ4n) is 2.96. The van der Waals surface area contributed by atoms with Crippen molar-refractivity contribution in [1.29, 1.82) is 0 Å². The molecule has 2 heterocycles. The van der Waals surface area contributed by atoms with E-state index in [1.807, 2.05) is 0 Å². The zero-order chi connectivity index (χ0) is 19.4. The van der Waals surface area contributed by atoms with Crippen LogP contribution in [-0.2, 0) is 27.9 Å². The van der Waals surface area contributed by atoms with E-state index in [-0.39, 0.29) is 11.4 Å². The van der Waals surface area contributed by atoms with Crippen molar-refractivity contribution < 1.29 is 19.1 Å². The first-order chi connectivity index (χ1) is 12.9. The van der Waals surface area contributed by atoms with Gasteiger partial charge in [0.05, 0.1) is 6.20 Å². The summed E-state index contributed by atoms with van der Waals surface area (Å²) < 4.78 is 7.32. The predicted octanol–water partition coefficient (Wildman–Crippen LogP) is -0.558. The maximum Gasteiger partial charge on any atom is 0.326 e. The molecule has 27 heavy (non-hydrogen) atoms. The normalized spacial score (nSPS) is 14.3. The topological polar surface area (TPSA) is 137 Å². The number of carbonyl (C=O) groups is 3. The van der Waals surface area contributed by atoms with E-state index >= 15 is 0 Å². The molecule has 0 bridgehead atoms. The van der Waals surface area contributed by atoms with E-state index in [4.69, 9.17) is 4.74 Å². The second kappa shape index (κ2) is 7.98. The molecular formula is C16H20N6O5. The van der Waals surface area contributed by atoms with Crippen LogP contribution in [0.5, 0.6) is 0 Å². The molecule has 0 unspecified atom stereocenters. The van der Waals surface area contributed by atoms with Gasteiger partial charge in [-0.3, -0.25) is 28.9 Å². The monoisotopic (exact) mass is 376 g/mol. The van der Waals surface area contributed by atoms with Crippen molar-refractivity contribution in [2.45, 2.75) is 38.3 Å². The lowest BCUT2D eigenvalue weighted by Crippen LogP contribution is -2.45. The molecule has 0 atom stereocenters. The molecular weight excluding hydrogens is 356 g/mol. The molecule has 1 saturated carbocycles. The van der Waals surface area contributed by atoms with Crippen LogP contribution in [0.15, 0.2) is 17.3 Å². The van der Waals surface area contributed by atoms with Gasteiger partial charge in [-0.2, -0.15) is 5.10 Å². The van der Waals surface area contributed by atoms with Gasteiger partial charge < -0.3 is 10.1 Å². The molecule has 3 amide bonds. The second-order valence-corrected chi connectivity index (χ2v) is 6.35. The molecule has 11 heteroatoms. The molecule has 1 aliphatic rings. The lowest BCUT2D eigenvalue weighted by atomic mass is 10.2. The van der Waals surface area contributed by atoms with Crippen molar-refractivity contribution in [3.05, 3.63) is 22.9 Å². The van der Waals surface area contributed by atoms with E-state index in [1.54, 1.807) is 7.05 Å². The lowest BCUT2D eigenvalue weighted by molar-refractivity contribution is -0.148. The highest BCUT2D eigenvalue weighted by Gasteiger charge is 2.19. The third kappa shape index (κ3) is 4.49. The molecule has 0 radical (unpaired) electrons. The van der Waals surface area contributed by atoms with Crippen LogP contribution < -0.4 is 16.2 Å². The first kappa shape index (κ1) is 18.5. The van der Waals surface area contributed by atoms with Crippen molar-refractivity contribution in [1.82, 2.24) is 30.0 Å². The Bertz CT molecular complexity index is 927. The zero-order valence-electron chi connectivity index (χ0n) is 14.8. The minimum atomic E-state index is -0.798. The van der Waals surface area contributed by atoms with Gasteiger partial charge in [-0.1, -0.05) is 12.8 Å². The van der Waals surface area contributed by atoms with Crippen molar-refractivity contribution in [2.75, 3.05) is 6.61 Å². The van der Waals surface area contributed by atoms with Crippen LogP contribution in [0, 0.1) is 0 Å². The van der Waals surface area contributed by atoms with Crippen LogP contribution in [-0.4, -0.2) is 49.9 Å². The molecule has 144 valence electrons. The average Bonchev–Trinajstić information content (AvgIpc) is 3.26. The van der Waals surface area contributed by atoms with Gasteiger partial charge in [0.25, 0.3) is 11.5 Å². The van der Waals surface area contributed by atoms with Crippen molar-refractivity contribution in [2.24, 2.45) is 7.05 Å². The van der Waals surface area contributed by atoms with E-state index in [1.165, 1.54) is 17.2 Å². The summed E-state index contributed by atoms with van der Waals surface area (Å²) in [5.74, 6) is -1.54. The Labute approximate surface area is 153 Å².